The van der Waals surface area contributed by atoms with Crippen molar-refractivity contribution < 1.29 is 4.52 Å². The molecule has 3 nitrogen and oxygen atoms in total. The Hall–Kier alpha value is -0.380. The first-order chi connectivity index (χ1) is 7.79. The van der Waals surface area contributed by atoms with E-state index in [-0.39, 0.29) is 0 Å². The molecule has 1 aliphatic rings. The van der Waals surface area contributed by atoms with E-state index in [9.17, 15) is 0 Å². The maximum atomic E-state index is 5.21. The van der Waals surface area contributed by atoms with Crippen LogP contribution in [-0.2, 0) is 0 Å². The minimum Gasteiger partial charge on any atom is -0.338 e. The summed E-state index contributed by atoms with van der Waals surface area (Å²) in [7, 11) is 0. The highest BCUT2D eigenvalue weighted by Crippen LogP contribution is 2.37. The zero-order chi connectivity index (χ0) is 11.4. The lowest BCUT2D eigenvalue weighted by Crippen LogP contribution is -2.13. The van der Waals surface area contributed by atoms with Crippen LogP contribution in [0.25, 0.3) is 0 Å². The molecule has 0 spiro atoms. The summed E-state index contributed by atoms with van der Waals surface area (Å²) in [6.07, 6.45) is 9.16. The summed E-state index contributed by atoms with van der Waals surface area (Å²) in [5.41, 5.74) is 0. The monoisotopic (exact) mass is 286 g/mol. The summed E-state index contributed by atoms with van der Waals surface area (Å²) < 4.78 is 5.79. The molecular weight excluding hydrogens is 268 g/mol. The molecule has 0 aromatic carbocycles. The highest BCUT2D eigenvalue weighted by molar-refractivity contribution is 9.10. The summed E-state index contributed by atoms with van der Waals surface area (Å²) in [5, 5.41) is 3.79. The quantitative estimate of drug-likeness (QED) is 0.829. The molecule has 0 amide bonds. The SMILES string of the molecule is CCCCC1CCC(c2nc(Br)no2)CC1. The molecule has 0 aliphatic heterocycles. The summed E-state index contributed by atoms with van der Waals surface area (Å²) in [4.78, 5) is 4.26. The zero-order valence-corrected chi connectivity index (χ0v) is 11.4. The van der Waals surface area contributed by atoms with Gasteiger partial charge in [-0.05, 0) is 52.7 Å². The van der Waals surface area contributed by atoms with Gasteiger partial charge in [-0.2, -0.15) is 4.98 Å². The van der Waals surface area contributed by atoms with E-state index in [2.05, 4.69) is 33.0 Å². The maximum absolute atomic E-state index is 5.21. The second kappa shape index (κ2) is 5.80. The summed E-state index contributed by atoms with van der Waals surface area (Å²) >= 11 is 3.23. The molecule has 1 fully saturated rings. The van der Waals surface area contributed by atoms with Gasteiger partial charge in [0, 0.05) is 5.92 Å². The number of unbranched alkanes of at least 4 members (excludes halogenated alkanes) is 1. The van der Waals surface area contributed by atoms with Crippen LogP contribution < -0.4 is 0 Å². The van der Waals surface area contributed by atoms with Crippen molar-refractivity contribution in [2.75, 3.05) is 0 Å². The molecule has 0 N–H and O–H groups in total. The number of hydrogen-bond donors (Lipinski definition) is 0. The molecule has 1 heterocycles. The highest BCUT2D eigenvalue weighted by atomic mass is 79.9. The third kappa shape index (κ3) is 3.06. The molecule has 16 heavy (non-hydrogen) atoms. The van der Waals surface area contributed by atoms with E-state index < -0.39 is 0 Å². The summed E-state index contributed by atoms with van der Waals surface area (Å²) in [6, 6.07) is 0. The van der Waals surface area contributed by atoms with Crippen molar-refractivity contribution in [3.63, 3.8) is 0 Å². The van der Waals surface area contributed by atoms with E-state index in [4.69, 9.17) is 4.52 Å². The Kier molecular flexibility index (Phi) is 4.38. The van der Waals surface area contributed by atoms with Gasteiger partial charge in [-0.3, -0.25) is 0 Å². The first-order valence-corrected chi connectivity index (χ1v) is 7.08. The first-order valence-electron chi connectivity index (χ1n) is 6.28. The fourth-order valence-corrected chi connectivity index (χ4v) is 2.82. The van der Waals surface area contributed by atoms with Crippen molar-refractivity contribution in [3.8, 4) is 0 Å². The Labute approximate surface area is 105 Å². The van der Waals surface area contributed by atoms with Crippen molar-refractivity contribution in [1.82, 2.24) is 10.1 Å². The number of aromatic nitrogens is 2. The largest absolute Gasteiger partial charge is 0.338 e. The smallest absolute Gasteiger partial charge is 0.238 e. The van der Waals surface area contributed by atoms with Crippen molar-refractivity contribution in [3.05, 3.63) is 10.6 Å². The van der Waals surface area contributed by atoms with Crippen molar-refractivity contribution >= 4 is 15.9 Å². The van der Waals surface area contributed by atoms with Crippen LogP contribution >= 0.6 is 15.9 Å². The van der Waals surface area contributed by atoms with E-state index >= 15 is 0 Å². The maximum Gasteiger partial charge on any atom is 0.238 e. The topological polar surface area (TPSA) is 38.9 Å². The summed E-state index contributed by atoms with van der Waals surface area (Å²) in [6.45, 7) is 2.27. The van der Waals surface area contributed by atoms with E-state index in [0.717, 1.165) is 11.8 Å². The Balaban J connectivity index is 1.81. The van der Waals surface area contributed by atoms with Gasteiger partial charge in [-0.25, -0.2) is 0 Å². The molecule has 1 aromatic rings. The fourth-order valence-electron chi connectivity index (χ4n) is 2.57. The van der Waals surface area contributed by atoms with Crippen LogP contribution in [-0.4, -0.2) is 10.1 Å². The van der Waals surface area contributed by atoms with Gasteiger partial charge in [0.05, 0.1) is 0 Å². The Morgan fingerprint density at radius 1 is 1.31 bits per heavy atom. The molecule has 0 atom stereocenters. The Morgan fingerprint density at radius 3 is 2.62 bits per heavy atom. The first kappa shape index (κ1) is 12.1. The lowest BCUT2D eigenvalue weighted by Gasteiger charge is -2.26. The van der Waals surface area contributed by atoms with E-state index in [1.165, 1.54) is 44.9 Å². The zero-order valence-electron chi connectivity index (χ0n) is 9.79. The third-order valence-corrected chi connectivity index (χ3v) is 3.90. The standard InChI is InChI=1S/C12H19BrN2O/c1-2-3-4-9-5-7-10(8-6-9)11-14-12(13)15-16-11/h9-10H,2-8H2,1H3. The normalized spacial score (nSPS) is 25.9. The molecule has 1 aliphatic carbocycles. The van der Waals surface area contributed by atoms with Gasteiger partial charge in [-0.1, -0.05) is 26.2 Å². The number of hydrogen-bond acceptors (Lipinski definition) is 3. The van der Waals surface area contributed by atoms with Crippen molar-refractivity contribution in [2.45, 2.75) is 57.8 Å². The predicted octanol–water partition coefficient (Wildman–Crippen LogP) is 4.30. The lowest BCUT2D eigenvalue weighted by molar-refractivity contribution is 0.260. The molecule has 0 bridgehead atoms. The van der Waals surface area contributed by atoms with Crippen LogP contribution in [0.1, 0.15) is 63.7 Å². The second-order valence-corrected chi connectivity index (χ2v) is 5.47. The highest BCUT2D eigenvalue weighted by Gasteiger charge is 2.25. The molecule has 0 saturated heterocycles. The summed E-state index contributed by atoms with van der Waals surface area (Å²) in [5.74, 6) is 2.25. The van der Waals surface area contributed by atoms with Gasteiger partial charge in [0.2, 0.25) is 10.6 Å². The molecule has 2 rings (SSSR count). The molecule has 0 radical (unpaired) electrons. The van der Waals surface area contributed by atoms with E-state index in [0.29, 0.717) is 10.7 Å². The van der Waals surface area contributed by atoms with Crippen LogP contribution in [0.5, 0.6) is 0 Å². The van der Waals surface area contributed by atoms with Crippen LogP contribution in [0, 0.1) is 5.92 Å². The van der Waals surface area contributed by atoms with Crippen LogP contribution in [0.4, 0.5) is 0 Å². The molecule has 1 aromatic heterocycles. The molecule has 0 unspecified atom stereocenters. The minimum absolute atomic E-state index is 0.497. The van der Waals surface area contributed by atoms with Gasteiger partial charge >= 0.3 is 0 Å². The molecular formula is C12H19BrN2O. The van der Waals surface area contributed by atoms with Gasteiger partial charge in [0.15, 0.2) is 0 Å². The van der Waals surface area contributed by atoms with Gasteiger partial charge in [0.25, 0.3) is 0 Å². The average Bonchev–Trinajstić information content (AvgIpc) is 2.74. The molecule has 90 valence electrons. The van der Waals surface area contributed by atoms with Crippen LogP contribution in [0.3, 0.4) is 0 Å². The molecule has 4 heteroatoms. The molecule has 1 saturated carbocycles. The number of rotatable bonds is 4. The minimum atomic E-state index is 0.497. The average molecular weight is 287 g/mol. The Morgan fingerprint density at radius 2 is 2.06 bits per heavy atom. The predicted molar refractivity (Wildman–Crippen MR) is 66.2 cm³/mol. The van der Waals surface area contributed by atoms with Crippen molar-refractivity contribution in [2.24, 2.45) is 5.92 Å². The third-order valence-electron chi connectivity index (χ3n) is 3.58. The lowest BCUT2D eigenvalue weighted by atomic mass is 9.80. The van der Waals surface area contributed by atoms with E-state index in [1.54, 1.807) is 0 Å². The van der Waals surface area contributed by atoms with Crippen LogP contribution in [0.2, 0.25) is 0 Å². The van der Waals surface area contributed by atoms with Crippen molar-refractivity contribution in [1.29, 1.82) is 0 Å². The second-order valence-electron chi connectivity index (χ2n) is 4.76. The van der Waals surface area contributed by atoms with E-state index in [1.807, 2.05) is 0 Å². The van der Waals surface area contributed by atoms with Gasteiger partial charge in [-0.15, -0.1) is 0 Å². The van der Waals surface area contributed by atoms with Crippen LogP contribution in [0.15, 0.2) is 9.26 Å². The van der Waals surface area contributed by atoms with Gasteiger partial charge in [0.1, 0.15) is 0 Å². The Bertz CT molecular complexity index is 319. The fraction of sp³-hybridized carbons (Fsp3) is 0.833. The number of halogens is 1. The van der Waals surface area contributed by atoms with Gasteiger partial charge < -0.3 is 4.52 Å². The number of nitrogens with zero attached hydrogens (tertiary/aromatic N) is 2.